The maximum absolute atomic E-state index is 13.3. The zero-order valence-corrected chi connectivity index (χ0v) is 11.2. The lowest BCUT2D eigenvalue weighted by molar-refractivity contribution is -0.0813. The third kappa shape index (κ3) is 3.09. The van der Waals surface area contributed by atoms with Crippen molar-refractivity contribution in [2.24, 2.45) is 0 Å². The second-order valence-electron chi connectivity index (χ2n) is 5.23. The van der Waals surface area contributed by atoms with E-state index in [1.54, 1.807) is 12.1 Å². The summed E-state index contributed by atoms with van der Waals surface area (Å²) in [6, 6.07) is 7.23. The molecular formula is C15H22FNO. The first-order valence-electron chi connectivity index (χ1n) is 6.77. The van der Waals surface area contributed by atoms with E-state index in [2.05, 4.69) is 19.2 Å². The van der Waals surface area contributed by atoms with E-state index in [0.29, 0.717) is 6.04 Å². The number of hydrogen-bond acceptors (Lipinski definition) is 2. The Morgan fingerprint density at radius 3 is 3.06 bits per heavy atom. The average Bonchev–Trinajstić information content (AvgIpc) is 2.36. The SMILES string of the molecule is CCCNC1CCOC(C)(c2cccc(F)c2)C1. The van der Waals surface area contributed by atoms with Crippen molar-refractivity contribution in [3.05, 3.63) is 35.6 Å². The number of rotatable bonds is 4. The first-order chi connectivity index (χ1) is 8.64. The molecule has 1 aromatic rings. The molecule has 1 saturated heterocycles. The van der Waals surface area contributed by atoms with Gasteiger partial charge in [0.15, 0.2) is 0 Å². The van der Waals surface area contributed by atoms with Gasteiger partial charge in [-0.15, -0.1) is 0 Å². The second kappa shape index (κ2) is 5.81. The van der Waals surface area contributed by atoms with Gasteiger partial charge in [-0.2, -0.15) is 0 Å². The van der Waals surface area contributed by atoms with Gasteiger partial charge in [-0.05, 0) is 50.4 Å². The van der Waals surface area contributed by atoms with Crippen LogP contribution in [0.5, 0.6) is 0 Å². The third-order valence-corrected chi connectivity index (χ3v) is 3.64. The van der Waals surface area contributed by atoms with E-state index < -0.39 is 0 Å². The van der Waals surface area contributed by atoms with Gasteiger partial charge in [0.25, 0.3) is 0 Å². The molecule has 1 aliphatic heterocycles. The van der Waals surface area contributed by atoms with Gasteiger partial charge in [0.05, 0.1) is 5.60 Å². The van der Waals surface area contributed by atoms with Gasteiger partial charge in [0.1, 0.15) is 5.82 Å². The van der Waals surface area contributed by atoms with Crippen LogP contribution in [0.2, 0.25) is 0 Å². The minimum Gasteiger partial charge on any atom is -0.370 e. The predicted octanol–water partition coefficient (Wildman–Crippen LogP) is 3.22. The zero-order chi connectivity index (χ0) is 13.0. The third-order valence-electron chi connectivity index (χ3n) is 3.64. The van der Waals surface area contributed by atoms with Gasteiger partial charge in [-0.3, -0.25) is 0 Å². The Bertz CT molecular complexity index is 396. The second-order valence-corrected chi connectivity index (χ2v) is 5.23. The Balaban J connectivity index is 2.10. The van der Waals surface area contributed by atoms with E-state index in [4.69, 9.17) is 4.74 Å². The van der Waals surface area contributed by atoms with Crippen LogP contribution in [0, 0.1) is 5.82 Å². The normalized spacial score (nSPS) is 28.3. The fourth-order valence-electron chi connectivity index (χ4n) is 2.60. The van der Waals surface area contributed by atoms with E-state index in [9.17, 15) is 4.39 Å². The highest BCUT2D eigenvalue weighted by atomic mass is 19.1. The Hall–Kier alpha value is -0.930. The highest BCUT2D eigenvalue weighted by Gasteiger charge is 2.34. The lowest BCUT2D eigenvalue weighted by atomic mass is 9.85. The van der Waals surface area contributed by atoms with Gasteiger partial charge in [0.2, 0.25) is 0 Å². The quantitative estimate of drug-likeness (QED) is 0.887. The molecule has 100 valence electrons. The number of hydrogen-bond donors (Lipinski definition) is 1. The van der Waals surface area contributed by atoms with Gasteiger partial charge in [-0.25, -0.2) is 4.39 Å². The molecule has 1 fully saturated rings. The summed E-state index contributed by atoms with van der Waals surface area (Å²) in [4.78, 5) is 0. The van der Waals surface area contributed by atoms with Crippen LogP contribution >= 0.6 is 0 Å². The van der Waals surface area contributed by atoms with Crippen molar-refractivity contribution >= 4 is 0 Å². The lowest BCUT2D eigenvalue weighted by Gasteiger charge is -2.39. The van der Waals surface area contributed by atoms with Crippen molar-refractivity contribution in [2.45, 2.75) is 44.8 Å². The van der Waals surface area contributed by atoms with Crippen LogP contribution in [0.1, 0.15) is 38.7 Å². The molecule has 1 heterocycles. The van der Waals surface area contributed by atoms with Crippen LogP contribution in [-0.2, 0) is 10.3 Å². The fourth-order valence-corrected chi connectivity index (χ4v) is 2.60. The van der Waals surface area contributed by atoms with E-state index in [-0.39, 0.29) is 11.4 Å². The molecule has 0 radical (unpaired) electrons. The summed E-state index contributed by atoms with van der Waals surface area (Å²) in [5.74, 6) is -0.194. The van der Waals surface area contributed by atoms with Crippen LogP contribution in [0.3, 0.4) is 0 Å². The summed E-state index contributed by atoms with van der Waals surface area (Å²) in [7, 11) is 0. The molecule has 0 aliphatic carbocycles. The molecule has 0 aromatic heterocycles. The molecule has 2 atom stereocenters. The molecule has 0 spiro atoms. The minimum atomic E-state index is -0.369. The molecule has 2 unspecified atom stereocenters. The van der Waals surface area contributed by atoms with Crippen LogP contribution in [0.25, 0.3) is 0 Å². The molecule has 3 heteroatoms. The molecule has 0 saturated carbocycles. The van der Waals surface area contributed by atoms with Crippen molar-refractivity contribution in [1.29, 1.82) is 0 Å². The van der Waals surface area contributed by atoms with Crippen LogP contribution < -0.4 is 5.32 Å². The highest BCUT2D eigenvalue weighted by Crippen LogP contribution is 2.35. The Morgan fingerprint density at radius 1 is 1.50 bits per heavy atom. The predicted molar refractivity (Wildman–Crippen MR) is 71.0 cm³/mol. The summed E-state index contributed by atoms with van der Waals surface area (Å²) in [6.45, 7) is 5.98. The van der Waals surface area contributed by atoms with Crippen LogP contribution in [-0.4, -0.2) is 19.2 Å². The highest BCUT2D eigenvalue weighted by molar-refractivity contribution is 5.23. The molecule has 18 heavy (non-hydrogen) atoms. The van der Waals surface area contributed by atoms with E-state index >= 15 is 0 Å². The van der Waals surface area contributed by atoms with Crippen molar-refractivity contribution in [3.8, 4) is 0 Å². The van der Waals surface area contributed by atoms with E-state index in [1.165, 1.54) is 6.07 Å². The van der Waals surface area contributed by atoms with Gasteiger partial charge >= 0.3 is 0 Å². The molecule has 0 bridgehead atoms. The summed E-state index contributed by atoms with van der Waals surface area (Å²) >= 11 is 0. The van der Waals surface area contributed by atoms with Crippen LogP contribution in [0.4, 0.5) is 4.39 Å². The first kappa shape index (κ1) is 13.5. The zero-order valence-electron chi connectivity index (χ0n) is 11.2. The van der Waals surface area contributed by atoms with Crippen molar-refractivity contribution in [3.63, 3.8) is 0 Å². The van der Waals surface area contributed by atoms with Gasteiger partial charge < -0.3 is 10.1 Å². The molecule has 1 N–H and O–H groups in total. The molecule has 2 rings (SSSR count). The average molecular weight is 251 g/mol. The number of ether oxygens (including phenoxy) is 1. The van der Waals surface area contributed by atoms with Crippen molar-refractivity contribution in [1.82, 2.24) is 5.32 Å². The smallest absolute Gasteiger partial charge is 0.123 e. The monoisotopic (exact) mass is 251 g/mol. The van der Waals surface area contributed by atoms with Gasteiger partial charge in [-0.1, -0.05) is 19.1 Å². The topological polar surface area (TPSA) is 21.3 Å². The standard InChI is InChI=1S/C15H22FNO/c1-3-8-17-14-7-9-18-15(2,11-14)12-5-4-6-13(16)10-12/h4-6,10,14,17H,3,7-9,11H2,1-2H3. The summed E-state index contributed by atoms with van der Waals surface area (Å²) in [5.41, 5.74) is 0.566. The molecule has 0 amide bonds. The van der Waals surface area contributed by atoms with E-state index in [0.717, 1.165) is 38.0 Å². The van der Waals surface area contributed by atoms with Gasteiger partial charge in [0, 0.05) is 12.6 Å². The molecular weight excluding hydrogens is 229 g/mol. The minimum absolute atomic E-state index is 0.194. The Kier molecular flexibility index (Phi) is 4.36. The molecule has 2 nitrogen and oxygen atoms in total. The maximum atomic E-state index is 13.3. The van der Waals surface area contributed by atoms with E-state index in [1.807, 2.05) is 6.07 Å². The van der Waals surface area contributed by atoms with Crippen LogP contribution in [0.15, 0.2) is 24.3 Å². The Morgan fingerprint density at radius 2 is 2.33 bits per heavy atom. The first-order valence-corrected chi connectivity index (χ1v) is 6.77. The summed E-state index contributed by atoms with van der Waals surface area (Å²) < 4.78 is 19.2. The summed E-state index contributed by atoms with van der Waals surface area (Å²) in [6.07, 6.45) is 3.06. The lowest BCUT2D eigenvalue weighted by Crippen LogP contribution is -2.44. The molecule has 1 aliphatic rings. The largest absolute Gasteiger partial charge is 0.370 e. The van der Waals surface area contributed by atoms with Crippen molar-refractivity contribution in [2.75, 3.05) is 13.2 Å². The fraction of sp³-hybridized carbons (Fsp3) is 0.600. The summed E-state index contributed by atoms with van der Waals surface area (Å²) in [5, 5.41) is 3.54. The number of halogens is 1. The molecule has 1 aromatic carbocycles. The Labute approximate surface area is 109 Å². The van der Waals surface area contributed by atoms with Crippen molar-refractivity contribution < 1.29 is 9.13 Å². The number of benzene rings is 1. The maximum Gasteiger partial charge on any atom is 0.123 e. The number of nitrogens with one attached hydrogen (secondary N) is 1.